The lowest BCUT2D eigenvalue weighted by Gasteiger charge is -2.20. The molecule has 1 aromatic carbocycles. The third kappa shape index (κ3) is 4.54. The smallest absolute Gasteiger partial charge is 0.323 e. The van der Waals surface area contributed by atoms with Crippen molar-refractivity contribution in [2.45, 2.75) is 43.5 Å². The molecule has 0 bridgehead atoms. The highest BCUT2D eigenvalue weighted by molar-refractivity contribution is 7.91. The fraction of sp³-hybridized carbons (Fsp3) is 0.500. The Kier molecular flexibility index (Phi) is 5.41. The largest absolute Gasteiger partial charge is 0.480 e. The van der Waals surface area contributed by atoms with Gasteiger partial charge in [-0.3, -0.25) is 9.59 Å². The molecule has 0 unspecified atom stereocenters. The van der Waals surface area contributed by atoms with E-state index in [0.717, 1.165) is 19.3 Å². The zero-order valence-corrected chi connectivity index (χ0v) is 13.9. The monoisotopic (exact) mass is 339 g/mol. The van der Waals surface area contributed by atoms with Crippen LogP contribution >= 0.6 is 0 Å². The summed E-state index contributed by atoms with van der Waals surface area (Å²) in [6.07, 6.45) is 3.00. The molecule has 1 aliphatic rings. The molecular weight excluding hydrogens is 318 g/mol. The zero-order valence-electron chi connectivity index (χ0n) is 13.1. The second-order valence-electron chi connectivity index (χ2n) is 5.75. The number of hydrogen-bond donors (Lipinski definition) is 1. The van der Waals surface area contributed by atoms with Crippen molar-refractivity contribution in [3.8, 4) is 0 Å². The molecule has 0 aromatic heterocycles. The summed E-state index contributed by atoms with van der Waals surface area (Å²) < 4.78 is 24.2. The lowest BCUT2D eigenvalue weighted by molar-refractivity contribution is -0.137. The predicted molar refractivity (Wildman–Crippen MR) is 85.1 cm³/mol. The van der Waals surface area contributed by atoms with Gasteiger partial charge in [0.05, 0.1) is 10.6 Å². The molecule has 6 nitrogen and oxygen atoms in total. The van der Waals surface area contributed by atoms with Crippen molar-refractivity contribution in [3.63, 3.8) is 0 Å². The summed E-state index contributed by atoms with van der Waals surface area (Å²) in [6, 6.07) is 5.73. The molecule has 0 saturated heterocycles. The molecule has 1 amide bonds. The van der Waals surface area contributed by atoms with Gasteiger partial charge in [0, 0.05) is 11.6 Å². The Bertz CT molecular complexity index is 677. The summed E-state index contributed by atoms with van der Waals surface area (Å²) in [7, 11) is -3.33. The van der Waals surface area contributed by atoms with E-state index in [1.807, 2.05) is 6.92 Å². The van der Waals surface area contributed by atoms with Gasteiger partial charge in [0.25, 0.3) is 5.91 Å². The number of benzene rings is 1. The van der Waals surface area contributed by atoms with Crippen molar-refractivity contribution in [2.75, 3.05) is 12.3 Å². The van der Waals surface area contributed by atoms with Gasteiger partial charge < -0.3 is 10.0 Å². The number of aliphatic carboxylic acids is 1. The van der Waals surface area contributed by atoms with E-state index in [1.165, 1.54) is 29.2 Å². The molecule has 1 N–H and O–H groups in total. The fourth-order valence-electron chi connectivity index (χ4n) is 2.32. The second-order valence-corrected chi connectivity index (χ2v) is 7.86. The average Bonchev–Trinajstić information content (AvgIpc) is 3.35. The van der Waals surface area contributed by atoms with Gasteiger partial charge in [-0.05, 0) is 43.5 Å². The maximum absolute atomic E-state index is 12.4. The minimum Gasteiger partial charge on any atom is -0.480 e. The molecular formula is C16H21NO5S. The van der Waals surface area contributed by atoms with E-state index in [1.54, 1.807) is 0 Å². The quantitative estimate of drug-likeness (QED) is 0.781. The molecule has 126 valence electrons. The normalized spacial score (nSPS) is 14.5. The number of nitrogens with zero attached hydrogens (tertiary/aromatic N) is 1. The Morgan fingerprint density at radius 1 is 1.22 bits per heavy atom. The van der Waals surface area contributed by atoms with Crippen LogP contribution in [0.5, 0.6) is 0 Å². The molecule has 1 fully saturated rings. The lowest BCUT2D eigenvalue weighted by Crippen LogP contribution is -2.37. The van der Waals surface area contributed by atoms with Gasteiger partial charge in [0.2, 0.25) is 0 Å². The highest BCUT2D eigenvalue weighted by Gasteiger charge is 2.34. The third-order valence-electron chi connectivity index (χ3n) is 3.78. The van der Waals surface area contributed by atoms with Crippen molar-refractivity contribution in [1.82, 2.24) is 4.90 Å². The summed E-state index contributed by atoms with van der Waals surface area (Å²) in [5.41, 5.74) is 0.313. The van der Waals surface area contributed by atoms with Crippen molar-refractivity contribution in [1.29, 1.82) is 0 Å². The van der Waals surface area contributed by atoms with E-state index in [-0.39, 0.29) is 29.1 Å². The van der Waals surface area contributed by atoms with Crippen LogP contribution < -0.4 is 0 Å². The number of hydrogen-bond acceptors (Lipinski definition) is 4. The van der Waals surface area contributed by atoms with Crippen LogP contribution in [-0.4, -0.2) is 48.6 Å². The topological polar surface area (TPSA) is 91.8 Å². The molecule has 0 aliphatic heterocycles. The maximum atomic E-state index is 12.4. The molecule has 1 saturated carbocycles. The predicted octanol–water partition coefficient (Wildman–Crippen LogP) is 1.95. The van der Waals surface area contributed by atoms with E-state index in [4.69, 9.17) is 5.11 Å². The second kappa shape index (κ2) is 7.12. The highest BCUT2D eigenvalue weighted by atomic mass is 32.2. The summed E-state index contributed by atoms with van der Waals surface area (Å²) in [5.74, 6) is -1.33. The van der Waals surface area contributed by atoms with Crippen LogP contribution in [0.1, 0.15) is 43.0 Å². The first-order chi connectivity index (χ1) is 10.8. The first-order valence-corrected chi connectivity index (χ1v) is 9.36. The first kappa shape index (κ1) is 17.5. The summed E-state index contributed by atoms with van der Waals surface area (Å²) >= 11 is 0. The average molecular weight is 339 g/mol. The standard InChI is InChI=1S/C16H21NO5S/c1-2-3-10-23(21,22)14-8-4-12(5-9-14)16(20)17(11-15(18)19)13-6-7-13/h4-5,8-9,13H,2-3,6-7,10-11H2,1H3,(H,18,19). The van der Waals surface area contributed by atoms with Crippen LogP contribution in [-0.2, 0) is 14.6 Å². The lowest BCUT2D eigenvalue weighted by atomic mass is 10.2. The molecule has 0 radical (unpaired) electrons. The Morgan fingerprint density at radius 3 is 2.30 bits per heavy atom. The number of rotatable bonds is 8. The summed E-state index contributed by atoms with van der Waals surface area (Å²) in [4.78, 5) is 24.8. The van der Waals surface area contributed by atoms with E-state index < -0.39 is 15.8 Å². The van der Waals surface area contributed by atoms with Crippen molar-refractivity contribution in [3.05, 3.63) is 29.8 Å². The number of sulfone groups is 1. The van der Waals surface area contributed by atoms with Crippen LogP contribution in [0.3, 0.4) is 0 Å². The third-order valence-corrected chi connectivity index (χ3v) is 5.60. The van der Waals surface area contributed by atoms with Crippen LogP contribution in [0.2, 0.25) is 0 Å². The van der Waals surface area contributed by atoms with Crippen LogP contribution in [0.15, 0.2) is 29.2 Å². The molecule has 7 heteroatoms. The molecule has 0 spiro atoms. The zero-order chi connectivity index (χ0) is 17.0. The van der Waals surface area contributed by atoms with Crippen molar-refractivity contribution < 1.29 is 23.1 Å². The van der Waals surface area contributed by atoms with Gasteiger partial charge in [-0.15, -0.1) is 0 Å². The van der Waals surface area contributed by atoms with Gasteiger partial charge in [-0.25, -0.2) is 8.42 Å². The fourth-order valence-corrected chi connectivity index (χ4v) is 3.78. The van der Waals surface area contributed by atoms with Crippen molar-refractivity contribution in [2.24, 2.45) is 0 Å². The molecule has 1 aliphatic carbocycles. The van der Waals surface area contributed by atoms with E-state index in [9.17, 15) is 18.0 Å². The Morgan fingerprint density at radius 2 is 1.83 bits per heavy atom. The molecule has 0 heterocycles. The number of carbonyl (C=O) groups is 2. The number of unbranched alkanes of at least 4 members (excludes halogenated alkanes) is 1. The van der Waals surface area contributed by atoms with Gasteiger partial charge in [0.1, 0.15) is 6.54 Å². The van der Waals surface area contributed by atoms with Crippen LogP contribution in [0.25, 0.3) is 0 Å². The van der Waals surface area contributed by atoms with E-state index >= 15 is 0 Å². The number of amides is 1. The maximum Gasteiger partial charge on any atom is 0.323 e. The Balaban J connectivity index is 2.15. The van der Waals surface area contributed by atoms with Gasteiger partial charge in [0.15, 0.2) is 9.84 Å². The number of carbonyl (C=O) groups excluding carboxylic acids is 1. The molecule has 23 heavy (non-hydrogen) atoms. The molecule has 0 atom stereocenters. The Labute approximate surface area is 136 Å². The van der Waals surface area contributed by atoms with Crippen LogP contribution in [0, 0.1) is 0 Å². The number of carboxylic acids is 1. The van der Waals surface area contributed by atoms with Crippen molar-refractivity contribution >= 4 is 21.7 Å². The Hall–Kier alpha value is -1.89. The minimum atomic E-state index is -3.33. The molecule has 2 rings (SSSR count). The minimum absolute atomic E-state index is 0.0217. The number of carboxylic acid groups (broad SMARTS) is 1. The van der Waals surface area contributed by atoms with E-state index in [0.29, 0.717) is 12.0 Å². The highest BCUT2D eigenvalue weighted by Crippen LogP contribution is 2.28. The van der Waals surface area contributed by atoms with Gasteiger partial charge in [-0.1, -0.05) is 13.3 Å². The summed E-state index contributed by atoms with van der Waals surface area (Å²) in [5, 5.41) is 8.92. The van der Waals surface area contributed by atoms with Crippen LogP contribution in [0.4, 0.5) is 0 Å². The van der Waals surface area contributed by atoms with E-state index in [2.05, 4.69) is 0 Å². The van der Waals surface area contributed by atoms with Gasteiger partial charge >= 0.3 is 5.97 Å². The molecule has 1 aromatic rings. The summed E-state index contributed by atoms with van der Waals surface area (Å²) in [6.45, 7) is 1.59. The first-order valence-electron chi connectivity index (χ1n) is 7.70. The SMILES string of the molecule is CCCCS(=O)(=O)c1ccc(C(=O)N(CC(=O)O)C2CC2)cc1. The van der Waals surface area contributed by atoms with Gasteiger partial charge in [-0.2, -0.15) is 0 Å².